The number of ether oxygens (including phenoxy) is 1. The lowest BCUT2D eigenvalue weighted by Crippen LogP contribution is -2.07. The average molecular weight is 220 g/mol. The molecule has 1 saturated heterocycles. The van der Waals surface area contributed by atoms with Gasteiger partial charge in [0.1, 0.15) is 11.9 Å². The Morgan fingerprint density at radius 3 is 2.94 bits per heavy atom. The fourth-order valence-electron chi connectivity index (χ4n) is 2.04. The van der Waals surface area contributed by atoms with Crippen LogP contribution in [0.25, 0.3) is 0 Å². The van der Waals surface area contributed by atoms with Crippen LogP contribution in [0, 0.1) is 5.92 Å². The molecule has 1 aromatic carbocycles. The van der Waals surface area contributed by atoms with E-state index in [9.17, 15) is 9.90 Å². The molecule has 0 spiro atoms. The molecule has 1 aromatic rings. The van der Waals surface area contributed by atoms with Crippen LogP contribution in [0.15, 0.2) is 24.3 Å². The first-order valence-corrected chi connectivity index (χ1v) is 5.63. The van der Waals surface area contributed by atoms with Crippen molar-refractivity contribution in [3.63, 3.8) is 0 Å². The fourth-order valence-corrected chi connectivity index (χ4v) is 2.04. The van der Waals surface area contributed by atoms with Gasteiger partial charge in [-0.25, -0.2) is 0 Å². The van der Waals surface area contributed by atoms with E-state index in [1.165, 1.54) is 0 Å². The maximum absolute atomic E-state index is 11.2. The summed E-state index contributed by atoms with van der Waals surface area (Å²) in [4.78, 5) is 11.2. The zero-order valence-electron chi connectivity index (χ0n) is 9.35. The first kappa shape index (κ1) is 11.0. The van der Waals surface area contributed by atoms with Gasteiger partial charge in [0, 0.05) is 0 Å². The lowest BCUT2D eigenvalue weighted by Gasteiger charge is -2.08. The molecule has 0 saturated carbocycles. The first-order valence-electron chi connectivity index (χ1n) is 5.63. The van der Waals surface area contributed by atoms with Crippen LogP contribution in [-0.4, -0.2) is 17.2 Å². The molecule has 1 heterocycles. The van der Waals surface area contributed by atoms with E-state index in [-0.39, 0.29) is 23.7 Å². The van der Waals surface area contributed by atoms with E-state index in [0.29, 0.717) is 0 Å². The molecule has 2 rings (SSSR count). The molecule has 0 aromatic heterocycles. The van der Waals surface area contributed by atoms with Gasteiger partial charge in [0.05, 0.1) is 5.92 Å². The number of aryl methyl sites for hydroxylation is 1. The van der Waals surface area contributed by atoms with Crippen LogP contribution in [0.1, 0.15) is 25.3 Å². The summed E-state index contributed by atoms with van der Waals surface area (Å²) < 4.78 is 5.22. The highest BCUT2D eigenvalue weighted by Gasteiger charge is 2.30. The van der Waals surface area contributed by atoms with Crippen molar-refractivity contribution in [3.05, 3.63) is 29.8 Å². The molecule has 2 atom stereocenters. The van der Waals surface area contributed by atoms with Crippen LogP contribution in [-0.2, 0) is 16.0 Å². The van der Waals surface area contributed by atoms with E-state index < -0.39 is 0 Å². The number of phenols is 1. The number of carbonyl (C=O) groups is 1. The van der Waals surface area contributed by atoms with E-state index in [0.717, 1.165) is 24.8 Å². The highest BCUT2D eigenvalue weighted by Crippen LogP contribution is 2.24. The van der Waals surface area contributed by atoms with Crippen LogP contribution in [0.3, 0.4) is 0 Å². The number of esters is 1. The average Bonchev–Trinajstić information content (AvgIpc) is 2.56. The Kier molecular flexibility index (Phi) is 3.13. The van der Waals surface area contributed by atoms with Crippen molar-refractivity contribution < 1.29 is 14.6 Å². The van der Waals surface area contributed by atoms with Crippen molar-refractivity contribution >= 4 is 5.97 Å². The zero-order valence-corrected chi connectivity index (χ0v) is 9.35. The number of carbonyl (C=O) groups excluding carboxylic acids is 1. The van der Waals surface area contributed by atoms with Gasteiger partial charge in [-0.05, 0) is 37.0 Å². The van der Waals surface area contributed by atoms with Crippen LogP contribution in [0.4, 0.5) is 0 Å². The van der Waals surface area contributed by atoms with Crippen LogP contribution >= 0.6 is 0 Å². The molecule has 1 aliphatic heterocycles. The monoisotopic (exact) mass is 220 g/mol. The highest BCUT2D eigenvalue weighted by atomic mass is 16.5. The van der Waals surface area contributed by atoms with Gasteiger partial charge in [0.25, 0.3) is 0 Å². The van der Waals surface area contributed by atoms with E-state index in [1.54, 1.807) is 12.1 Å². The van der Waals surface area contributed by atoms with Crippen molar-refractivity contribution in [1.29, 1.82) is 0 Å². The number of cyclic esters (lactones) is 1. The number of hydrogen-bond acceptors (Lipinski definition) is 3. The lowest BCUT2D eigenvalue weighted by molar-refractivity contribution is -0.144. The summed E-state index contributed by atoms with van der Waals surface area (Å²) in [6, 6.07) is 7.20. The van der Waals surface area contributed by atoms with Gasteiger partial charge in [-0.1, -0.05) is 19.1 Å². The molecule has 0 amide bonds. The SMILES string of the molecule is C[C@@H]1C[C@H](CCc2cccc(O)c2)OC1=O. The Morgan fingerprint density at radius 2 is 2.31 bits per heavy atom. The van der Waals surface area contributed by atoms with E-state index in [4.69, 9.17) is 4.74 Å². The number of aromatic hydroxyl groups is 1. The number of hydrogen-bond donors (Lipinski definition) is 1. The van der Waals surface area contributed by atoms with E-state index in [1.807, 2.05) is 19.1 Å². The van der Waals surface area contributed by atoms with Crippen LogP contribution in [0.5, 0.6) is 5.75 Å². The second kappa shape index (κ2) is 4.56. The van der Waals surface area contributed by atoms with Gasteiger partial charge in [-0.15, -0.1) is 0 Å². The summed E-state index contributed by atoms with van der Waals surface area (Å²) in [5.41, 5.74) is 1.08. The van der Waals surface area contributed by atoms with Gasteiger partial charge >= 0.3 is 5.97 Å². The summed E-state index contributed by atoms with van der Waals surface area (Å²) in [6.45, 7) is 1.90. The Balaban J connectivity index is 1.86. The molecular formula is C13H16O3. The van der Waals surface area contributed by atoms with Gasteiger partial charge in [-0.3, -0.25) is 4.79 Å². The minimum Gasteiger partial charge on any atom is -0.508 e. The molecule has 0 radical (unpaired) electrons. The van der Waals surface area contributed by atoms with Crippen molar-refractivity contribution in [2.75, 3.05) is 0 Å². The molecule has 3 heteroatoms. The lowest BCUT2D eigenvalue weighted by atomic mass is 10.0. The standard InChI is InChI=1S/C13H16O3/c1-9-7-12(16-13(9)15)6-5-10-3-2-4-11(14)8-10/h2-4,8-9,12,14H,5-7H2,1H3/t9-,12+/m1/s1. The molecule has 1 fully saturated rings. The minimum absolute atomic E-state index is 0.0363. The van der Waals surface area contributed by atoms with E-state index in [2.05, 4.69) is 0 Å². The van der Waals surface area contributed by atoms with Gasteiger partial charge in [-0.2, -0.15) is 0 Å². The molecule has 16 heavy (non-hydrogen) atoms. The van der Waals surface area contributed by atoms with Gasteiger partial charge < -0.3 is 9.84 Å². The topological polar surface area (TPSA) is 46.5 Å². The summed E-state index contributed by atoms with van der Waals surface area (Å²) in [6.07, 6.45) is 2.53. The molecule has 3 nitrogen and oxygen atoms in total. The Labute approximate surface area is 95.0 Å². The second-order valence-corrected chi connectivity index (χ2v) is 4.40. The Bertz CT molecular complexity index is 387. The maximum atomic E-state index is 11.2. The molecular weight excluding hydrogens is 204 g/mol. The first-order chi connectivity index (χ1) is 7.65. The normalized spacial score (nSPS) is 24.4. The number of benzene rings is 1. The highest BCUT2D eigenvalue weighted by molar-refractivity contribution is 5.74. The summed E-state index contributed by atoms with van der Waals surface area (Å²) in [7, 11) is 0. The molecule has 1 N–H and O–H groups in total. The molecule has 0 bridgehead atoms. The van der Waals surface area contributed by atoms with Gasteiger partial charge in [0.15, 0.2) is 0 Å². The van der Waals surface area contributed by atoms with Crippen molar-refractivity contribution in [2.24, 2.45) is 5.92 Å². The predicted octanol–water partition coefficient (Wildman–Crippen LogP) is 2.28. The van der Waals surface area contributed by atoms with E-state index >= 15 is 0 Å². The second-order valence-electron chi connectivity index (χ2n) is 4.40. The largest absolute Gasteiger partial charge is 0.508 e. The van der Waals surface area contributed by atoms with Crippen molar-refractivity contribution in [2.45, 2.75) is 32.3 Å². The summed E-state index contributed by atoms with van der Waals surface area (Å²) >= 11 is 0. The third-order valence-electron chi connectivity index (χ3n) is 2.97. The van der Waals surface area contributed by atoms with Crippen LogP contribution in [0.2, 0.25) is 0 Å². The molecule has 1 aliphatic rings. The molecule has 0 unspecified atom stereocenters. The smallest absolute Gasteiger partial charge is 0.309 e. The van der Waals surface area contributed by atoms with Crippen molar-refractivity contribution in [3.8, 4) is 5.75 Å². The Hall–Kier alpha value is -1.51. The number of rotatable bonds is 3. The molecule has 0 aliphatic carbocycles. The zero-order chi connectivity index (χ0) is 11.5. The molecule has 86 valence electrons. The predicted molar refractivity (Wildman–Crippen MR) is 60.1 cm³/mol. The minimum atomic E-state index is -0.0825. The van der Waals surface area contributed by atoms with Crippen LogP contribution < -0.4 is 0 Å². The fraction of sp³-hybridized carbons (Fsp3) is 0.462. The Morgan fingerprint density at radius 1 is 1.50 bits per heavy atom. The number of phenolic OH excluding ortho intramolecular Hbond substituents is 1. The third-order valence-corrected chi connectivity index (χ3v) is 2.97. The van der Waals surface area contributed by atoms with Crippen molar-refractivity contribution in [1.82, 2.24) is 0 Å². The summed E-state index contributed by atoms with van der Waals surface area (Å²) in [5.74, 6) is 0.240. The van der Waals surface area contributed by atoms with Gasteiger partial charge in [0.2, 0.25) is 0 Å². The third kappa shape index (κ3) is 2.54. The quantitative estimate of drug-likeness (QED) is 0.795. The summed E-state index contributed by atoms with van der Waals surface area (Å²) in [5, 5.41) is 9.30. The maximum Gasteiger partial charge on any atom is 0.309 e.